The van der Waals surface area contributed by atoms with Gasteiger partial charge in [-0.25, -0.2) is 8.42 Å². The maximum Gasteiger partial charge on any atom is 0.244 e. The lowest BCUT2D eigenvalue weighted by atomic mass is 9.87. The van der Waals surface area contributed by atoms with Crippen molar-refractivity contribution < 1.29 is 8.42 Å². The first-order valence-corrected chi connectivity index (χ1v) is 12.6. The highest BCUT2D eigenvalue weighted by atomic mass is 79.9. The number of rotatable bonds is 6. The normalized spacial score (nSPS) is 25.1. The van der Waals surface area contributed by atoms with Crippen molar-refractivity contribution in [2.24, 2.45) is 5.92 Å². The first kappa shape index (κ1) is 20.8. The van der Waals surface area contributed by atoms with Gasteiger partial charge >= 0.3 is 0 Å². The van der Waals surface area contributed by atoms with Gasteiger partial charge in [0.05, 0.1) is 4.90 Å². The predicted molar refractivity (Wildman–Crippen MR) is 113 cm³/mol. The highest BCUT2D eigenvalue weighted by molar-refractivity contribution is 9.11. The quantitative estimate of drug-likeness (QED) is 0.594. The molecular weight excluding hydrogens is 480 g/mol. The highest BCUT2D eigenvalue weighted by Crippen LogP contribution is 2.32. The second-order valence-corrected chi connectivity index (χ2v) is 11.3. The summed E-state index contributed by atoms with van der Waals surface area (Å²) in [6.07, 6.45) is 8.23. The van der Waals surface area contributed by atoms with Gasteiger partial charge in [0.1, 0.15) is 0 Å². The molecule has 146 valence electrons. The summed E-state index contributed by atoms with van der Waals surface area (Å²) in [7, 11) is -3.55. The third kappa shape index (κ3) is 4.90. The van der Waals surface area contributed by atoms with Gasteiger partial charge in [0.15, 0.2) is 0 Å². The second-order valence-electron chi connectivity index (χ2n) is 7.68. The van der Waals surface area contributed by atoms with E-state index in [9.17, 15) is 8.42 Å². The third-order valence-electron chi connectivity index (χ3n) is 5.70. The Morgan fingerprint density at radius 2 is 1.92 bits per heavy atom. The van der Waals surface area contributed by atoms with Crippen molar-refractivity contribution in [2.75, 3.05) is 13.1 Å². The monoisotopic (exact) mass is 506 g/mol. The Kier molecular flexibility index (Phi) is 7.22. The summed E-state index contributed by atoms with van der Waals surface area (Å²) in [5, 5.41) is 3.41. The van der Waals surface area contributed by atoms with Crippen LogP contribution in [0.1, 0.15) is 51.9 Å². The Balaban J connectivity index is 1.84. The molecule has 1 N–H and O–H groups in total. The second kappa shape index (κ2) is 9.03. The zero-order chi connectivity index (χ0) is 18.7. The van der Waals surface area contributed by atoms with E-state index in [1.807, 2.05) is 6.07 Å². The standard InChI is InChI=1S/C19H28Br2N2O2S/c1-14-11-17(13-22-14)23(10-9-15-5-3-2-4-6-15)26(24,25)19-12-16(20)7-8-18(19)21/h7-8,12,14-15,17,22H,2-6,9-11,13H2,1H3/t14-,17+/m0/s1. The van der Waals surface area contributed by atoms with Crippen molar-refractivity contribution in [3.8, 4) is 0 Å². The molecule has 1 aliphatic carbocycles. The van der Waals surface area contributed by atoms with E-state index in [2.05, 4.69) is 44.1 Å². The van der Waals surface area contributed by atoms with Crippen molar-refractivity contribution >= 4 is 41.9 Å². The van der Waals surface area contributed by atoms with Crippen LogP contribution >= 0.6 is 31.9 Å². The molecule has 2 aliphatic rings. The summed E-state index contributed by atoms with van der Waals surface area (Å²) >= 11 is 6.86. The topological polar surface area (TPSA) is 49.4 Å². The molecule has 0 spiro atoms. The summed E-state index contributed by atoms with van der Waals surface area (Å²) in [5.74, 6) is 0.666. The van der Waals surface area contributed by atoms with Gasteiger partial charge in [-0.2, -0.15) is 4.31 Å². The van der Waals surface area contributed by atoms with Crippen molar-refractivity contribution in [1.29, 1.82) is 0 Å². The van der Waals surface area contributed by atoms with E-state index in [4.69, 9.17) is 0 Å². The number of nitrogens with zero attached hydrogens (tertiary/aromatic N) is 1. The number of hydrogen-bond donors (Lipinski definition) is 1. The van der Waals surface area contributed by atoms with E-state index >= 15 is 0 Å². The van der Waals surface area contributed by atoms with Crippen LogP contribution in [0.25, 0.3) is 0 Å². The number of hydrogen-bond acceptors (Lipinski definition) is 3. The van der Waals surface area contributed by atoms with Crippen LogP contribution in [0.5, 0.6) is 0 Å². The molecule has 2 atom stereocenters. The molecule has 0 aromatic heterocycles. The summed E-state index contributed by atoms with van der Waals surface area (Å²) in [6.45, 7) is 3.47. The fraction of sp³-hybridized carbons (Fsp3) is 0.684. The molecule has 0 unspecified atom stereocenters. The fourth-order valence-electron chi connectivity index (χ4n) is 4.22. The Labute approximate surface area is 174 Å². The molecule has 4 nitrogen and oxygen atoms in total. The molecule has 0 bridgehead atoms. The molecule has 3 rings (SSSR count). The zero-order valence-electron chi connectivity index (χ0n) is 15.3. The molecule has 1 aromatic carbocycles. The third-order valence-corrected chi connectivity index (χ3v) is 9.14. The van der Waals surface area contributed by atoms with Gasteiger partial charge in [0.2, 0.25) is 10.0 Å². The van der Waals surface area contributed by atoms with Crippen LogP contribution < -0.4 is 5.32 Å². The largest absolute Gasteiger partial charge is 0.313 e. The van der Waals surface area contributed by atoms with Crippen molar-refractivity contribution in [1.82, 2.24) is 9.62 Å². The average molecular weight is 508 g/mol. The van der Waals surface area contributed by atoms with Crippen LogP contribution in [0.15, 0.2) is 32.0 Å². The van der Waals surface area contributed by atoms with Crippen LogP contribution in [0.2, 0.25) is 0 Å². The molecule has 7 heteroatoms. The van der Waals surface area contributed by atoms with Gasteiger partial charge in [0.25, 0.3) is 0 Å². The average Bonchev–Trinajstić information content (AvgIpc) is 3.04. The number of sulfonamides is 1. The Morgan fingerprint density at radius 1 is 1.19 bits per heavy atom. The Morgan fingerprint density at radius 3 is 2.58 bits per heavy atom. The zero-order valence-corrected chi connectivity index (χ0v) is 19.2. The smallest absolute Gasteiger partial charge is 0.244 e. The molecular formula is C19H28Br2N2O2S. The van der Waals surface area contributed by atoms with Crippen molar-refractivity contribution in [2.45, 2.75) is 68.8 Å². The number of halogens is 2. The molecule has 0 amide bonds. The molecule has 1 aliphatic heterocycles. The first-order valence-electron chi connectivity index (χ1n) is 9.58. The SMILES string of the molecule is C[C@H]1C[C@@H](N(CCC2CCCCC2)S(=O)(=O)c2cc(Br)ccc2Br)CN1. The van der Waals surface area contributed by atoms with Crippen LogP contribution in [0, 0.1) is 5.92 Å². The summed E-state index contributed by atoms with van der Waals surface area (Å²) in [5.41, 5.74) is 0. The maximum atomic E-state index is 13.5. The van der Waals surface area contributed by atoms with E-state index in [-0.39, 0.29) is 6.04 Å². The molecule has 2 fully saturated rings. The molecule has 0 radical (unpaired) electrons. The molecule has 1 aromatic rings. The minimum Gasteiger partial charge on any atom is -0.313 e. The van der Waals surface area contributed by atoms with Gasteiger partial charge in [-0.3, -0.25) is 0 Å². The van der Waals surface area contributed by atoms with E-state index < -0.39 is 10.0 Å². The van der Waals surface area contributed by atoms with E-state index in [1.165, 1.54) is 32.1 Å². The van der Waals surface area contributed by atoms with Gasteiger partial charge in [-0.15, -0.1) is 0 Å². The van der Waals surface area contributed by atoms with Gasteiger partial charge in [-0.1, -0.05) is 48.0 Å². The minimum absolute atomic E-state index is 0.0319. The molecule has 1 heterocycles. The lowest BCUT2D eigenvalue weighted by Crippen LogP contribution is -2.42. The lowest BCUT2D eigenvalue weighted by Gasteiger charge is -2.31. The molecule has 1 saturated heterocycles. The van der Waals surface area contributed by atoms with Crippen LogP contribution in [-0.2, 0) is 10.0 Å². The molecule has 1 saturated carbocycles. The first-order chi connectivity index (χ1) is 12.4. The molecule has 26 heavy (non-hydrogen) atoms. The maximum absolute atomic E-state index is 13.5. The predicted octanol–water partition coefficient (Wildman–Crippen LogP) is 4.92. The van der Waals surface area contributed by atoms with Gasteiger partial charge in [-0.05, 0) is 59.8 Å². The summed E-state index contributed by atoms with van der Waals surface area (Å²) in [4.78, 5) is 0.357. The number of benzene rings is 1. The fourth-order valence-corrected chi connectivity index (χ4v) is 7.33. The van der Waals surface area contributed by atoms with Crippen molar-refractivity contribution in [3.63, 3.8) is 0 Å². The lowest BCUT2D eigenvalue weighted by molar-refractivity contribution is 0.271. The van der Waals surface area contributed by atoms with Crippen LogP contribution in [-0.4, -0.2) is 37.9 Å². The van der Waals surface area contributed by atoms with E-state index in [0.29, 0.717) is 27.9 Å². The Bertz CT molecular complexity index is 720. The Hall–Kier alpha value is 0.0500. The summed E-state index contributed by atoms with van der Waals surface area (Å²) < 4.78 is 30.2. The summed E-state index contributed by atoms with van der Waals surface area (Å²) in [6, 6.07) is 5.75. The van der Waals surface area contributed by atoms with Gasteiger partial charge < -0.3 is 5.32 Å². The van der Waals surface area contributed by atoms with E-state index in [1.54, 1.807) is 16.4 Å². The van der Waals surface area contributed by atoms with Crippen LogP contribution in [0.4, 0.5) is 0 Å². The van der Waals surface area contributed by atoms with Crippen LogP contribution in [0.3, 0.4) is 0 Å². The highest BCUT2D eigenvalue weighted by Gasteiger charge is 2.36. The van der Waals surface area contributed by atoms with E-state index in [0.717, 1.165) is 23.9 Å². The van der Waals surface area contributed by atoms with Crippen molar-refractivity contribution in [3.05, 3.63) is 27.1 Å². The minimum atomic E-state index is -3.55. The van der Waals surface area contributed by atoms with Gasteiger partial charge in [0, 0.05) is 34.1 Å². The number of nitrogens with one attached hydrogen (secondary N) is 1.